The molecule has 6 heteroatoms. The highest BCUT2D eigenvalue weighted by Crippen LogP contribution is 2.24. The average molecular weight is 271 g/mol. The van der Waals surface area contributed by atoms with E-state index in [9.17, 15) is 0 Å². The predicted molar refractivity (Wildman–Crippen MR) is 75.2 cm³/mol. The van der Waals surface area contributed by atoms with Gasteiger partial charge >= 0.3 is 0 Å². The SMILES string of the molecule is Cc1cnn(-c2nc3c(cc2C(N)=NO)CCCC3)c1. The van der Waals surface area contributed by atoms with Gasteiger partial charge in [0.15, 0.2) is 11.7 Å². The first kappa shape index (κ1) is 12.7. The molecule has 0 unspecified atom stereocenters. The molecule has 3 N–H and O–H groups in total. The summed E-state index contributed by atoms with van der Waals surface area (Å²) in [6, 6.07) is 1.98. The Morgan fingerprint density at radius 1 is 1.40 bits per heavy atom. The monoisotopic (exact) mass is 271 g/mol. The maximum Gasteiger partial charge on any atom is 0.173 e. The number of oxime groups is 1. The van der Waals surface area contributed by atoms with Crippen molar-refractivity contribution in [3.8, 4) is 5.82 Å². The molecule has 0 atom stereocenters. The molecule has 0 aromatic carbocycles. The zero-order valence-electron chi connectivity index (χ0n) is 11.4. The van der Waals surface area contributed by atoms with E-state index < -0.39 is 0 Å². The van der Waals surface area contributed by atoms with E-state index in [0.717, 1.165) is 36.9 Å². The first-order valence-corrected chi connectivity index (χ1v) is 6.71. The molecule has 2 aromatic rings. The molecular weight excluding hydrogens is 254 g/mol. The zero-order chi connectivity index (χ0) is 14.1. The van der Waals surface area contributed by atoms with Crippen molar-refractivity contribution in [3.63, 3.8) is 0 Å². The maximum atomic E-state index is 8.97. The minimum absolute atomic E-state index is 0.0639. The highest BCUT2D eigenvalue weighted by Gasteiger charge is 2.18. The minimum Gasteiger partial charge on any atom is -0.409 e. The van der Waals surface area contributed by atoms with Crippen LogP contribution in [-0.4, -0.2) is 25.8 Å². The second kappa shape index (κ2) is 4.96. The molecule has 1 aliphatic rings. The van der Waals surface area contributed by atoms with Gasteiger partial charge in [-0.05, 0) is 49.8 Å². The van der Waals surface area contributed by atoms with Crippen molar-refractivity contribution in [1.82, 2.24) is 14.8 Å². The van der Waals surface area contributed by atoms with Crippen LogP contribution in [0.3, 0.4) is 0 Å². The lowest BCUT2D eigenvalue weighted by atomic mass is 9.94. The van der Waals surface area contributed by atoms with Gasteiger partial charge in [-0.1, -0.05) is 5.16 Å². The summed E-state index contributed by atoms with van der Waals surface area (Å²) in [6.45, 7) is 1.96. The number of amidine groups is 1. The third-order valence-electron chi connectivity index (χ3n) is 3.59. The number of hydrogen-bond donors (Lipinski definition) is 2. The van der Waals surface area contributed by atoms with Crippen LogP contribution in [0.25, 0.3) is 5.82 Å². The number of aromatic nitrogens is 3. The number of aryl methyl sites for hydroxylation is 3. The number of nitrogens with two attached hydrogens (primary N) is 1. The van der Waals surface area contributed by atoms with Crippen molar-refractivity contribution < 1.29 is 5.21 Å². The second-order valence-corrected chi connectivity index (χ2v) is 5.12. The summed E-state index contributed by atoms with van der Waals surface area (Å²) < 4.78 is 1.68. The first-order valence-electron chi connectivity index (χ1n) is 6.71. The molecule has 0 saturated heterocycles. The van der Waals surface area contributed by atoms with Gasteiger partial charge in [0.2, 0.25) is 0 Å². The molecule has 0 radical (unpaired) electrons. The molecule has 0 fully saturated rings. The number of rotatable bonds is 2. The largest absolute Gasteiger partial charge is 0.409 e. The highest BCUT2D eigenvalue weighted by atomic mass is 16.4. The molecule has 0 aliphatic heterocycles. The van der Waals surface area contributed by atoms with Gasteiger partial charge in [-0.3, -0.25) is 0 Å². The molecule has 20 heavy (non-hydrogen) atoms. The summed E-state index contributed by atoms with van der Waals surface area (Å²) in [6.07, 6.45) is 7.92. The van der Waals surface area contributed by atoms with Crippen LogP contribution in [0.15, 0.2) is 23.6 Å². The Morgan fingerprint density at radius 3 is 2.90 bits per heavy atom. The fourth-order valence-electron chi connectivity index (χ4n) is 2.57. The van der Waals surface area contributed by atoms with Crippen LogP contribution in [0, 0.1) is 6.92 Å². The summed E-state index contributed by atoms with van der Waals surface area (Å²) >= 11 is 0. The van der Waals surface area contributed by atoms with E-state index in [2.05, 4.69) is 10.3 Å². The standard InChI is InChI=1S/C14H17N5O/c1-9-7-16-19(8-9)14-11(13(15)18-20)6-10-4-2-3-5-12(10)17-14/h6-8,20H,2-5H2,1H3,(H2,15,18). The fourth-order valence-corrected chi connectivity index (χ4v) is 2.57. The van der Waals surface area contributed by atoms with E-state index in [1.165, 1.54) is 5.56 Å². The molecule has 3 rings (SSSR count). The Labute approximate surface area is 116 Å². The summed E-state index contributed by atoms with van der Waals surface area (Å²) in [5, 5.41) is 16.4. The fraction of sp³-hybridized carbons (Fsp3) is 0.357. The lowest BCUT2D eigenvalue weighted by Crippen LogP contribution is -2.20. The van der Waals surface area contributed by atoms with Crippen molar-refractivity contribution in [2.75, 3.05) is 0 Å². The molecule has 1 aliphatic carbocycles. The topological polar surface area (TPSA) is 89.3 Å². The molecule has 6 nitrogen and oxygen atoms in total. The lowest BCUT2D eigenvalue weighted by molar-refractivity contribution is 0.318. The lowest BCUT2D eigenvalue weighted by Gasteiger charge is -2.18. The minimum atomic E-state index is 0.0639. The molecule has 0 saturated carbocycles. The Hall–Kier alpha value is -2.37. The average Bonchev–Trinajstić information content (AvgIpc) is 2.91. The Balaban J connectivity index is 2.20. The summed E-state index contributed by atoms with van der Waals surface area (Å²) in [7, 11) is 0. The second-order valence-electron chi connectivity index (χ2n) is 5.12. The Kier molecular flexibility index (Phi) is 3.14. The molecule has 0 amide bonds. The van der Waals surface area contributed by atoms with Gasteiger partial charge in [0.25, 0.3) is 0 Å². The van der Waals surface area contributed by atoms with Crippen molar-refractivity contribution >= 4 is 5.84 Å². The van der Waals surface area contributed by atoms with Crippen LogP contribution in [0.1, 0.15) is 35.2 Å². The number of hydrogen-bond acceptors (Lipinski definition) is 4. The molecular formula is C14H17N5O. The molecule has 2 aromatic heterocycles. The van der Waals surface area contributed by atoms with Crippen LogP contribution in [0.2, 0.25) is 0 Å². The molecule has 104 valence electrons. The summed E-state index contributed by atoms with van der Waals surface area (Å²) in [5.41, 5.74) is 9.73. The van der Waals surface area contributed by atoms with Crippen LogP contribution in [-0.2, 0) is 12.8 Å². The number of nitrogens with zero attached hydrogens (tertiary/aromatic N) is 4. The van der Waals surface area contributed by atoms with Crippen molar-refractivity contribution in [1.29, 1.82) is 0 Å². The first-order chi connectivity index (χ1) is 9.69. The molecule has 0 spiro atoms. The van der Waals surface area contributed by atoms with E-state index in [1.54, 1.807) is 10.9 Å². The van der Waals surface area contributed by atoms with E-state index in [-0.39, 0.29) is 5.84 Å². The Bertz CT molecular complexity index is 674. The highest BCUT2D eigenvalue weighted by molar-refractivity contribution is 6.00. The quantitative estimate of drug-likeness (QED) is 0.375. The van der Waals surface area contributed by atoms with Crippen molar-refractivity contribution in [2.45, 2.75) is 32.6 Å². The number of fused-ring (bicyclic) bond motifs is 1. The van der Waals surface area contributed by atoms with Crippen LogP contribution in [0.4, 0.5) is 0 Å². The van der Waals surface area contributed by atoms with Gasteiger partial charge in [0, 0.05) is 11.9 Å². The van der Waals surface area contributed by atoms with E-state index in [0.29, 0.717) is 11.4 Å². The van der Waals surface area contributed by atoms with Gasteiger partial charge in [0.05, 0.1) is 11.8 Å². The van der Waals surface area contributed by atoms with E-state index in [1.807, 2.05) is 19.2 Å². The third kappa shape index (κ3) is 2.13. The normalized spacial score (nSPS) is 15.2. The molecule has 2 heterocycles. The van der Waals surface area contributed by atoms with Gasteiger partial charge in [-0.2, -0.15) is 5.10 Å². The van der Waals surface area contributed by atoms with Gasteiger partial charge in [-0.15, -0.1) is 0 Å². The third-order valence-corrected chi connectivity index (χ3v) is 3.59. The van der Waals surface area contributed by atoms with E-state index in [4.69, 9.17) is 15.9 Å². The Morgan fingerprint density at radius 2 is 2.20 bits per heavy atom. The van der Waals surface area contributed by atoms with Crippen LogP contribution in [0.5, 0.6) is 0 Å². The van der Waals surface area contributed by atoms with Crippen LogP contribution >= 0.6 is 0 Å². The summed E-state index contributed by atoms with van der Waals surface area (Å²) in [4.78, 5) is 4.69. The predicted octanol–water partition coefficient (Wildman–Crippen LogP) is 1.55. The van der Waals surface area contributed by atoms with Gasteiger partial charge in [-0.25, -0.2) is 9.67 Å². The van der Waals surface area contributed by atoms with Crippen molar-refractivity contribution in [2.24, 2.45) is 10.9 Å². The van der Waals surface area contributed by atoms with Crippen molar-refractivity contribution in [3.05, 3.63) is 40.8 Å². The summed E-state index contributed by atoms with van der Waals surface area (Å²) in [5.74, 6) is 0.683. The smallest absolute Gasteiger partial charge is 0.173 e. The van der Waals surface area contributed by atoms with E-state index >= 15 is 0 Å². The van der Waals surface area contributed by atoms with Crippen LogP contribution < -0.4 is 5.73 Å². The van der Waals surface area contributed by atoms with Gasteiger partial charge in [0.1, 0.15) is 0 Å². The molecule has 0 bridgehead atoms. The van der Waals surface area contributed by atoms with Gasteiger partial charge < -0.3 is 10.9 Å². The zero-order valence-corrected chi connectivity index (χ0v) is 11.4. The number of pyridine rings is 1. The maximum absolute atomic E-state index is 8.97.